The number of nitrogens with zero attached hydrogens (tertiary/aromatic N) is 2. The normalized spacial score (nSPS) is 18.9. The molecule has 0 spiro atoms. The van der Waals surface area contributed by atoms with Gasteiger partial charge in [-0.1, -0.05) is 19.9 Å². The average Bonchev–Trinajstić information content (AvgIpc) is 2.87. The molecule has 0 radical (unpaired) electrons. The number of benzene rings is 1. The Morgan fingerprint density at radius 2 is 1.97 bits per heavy atom. The van der Waals surface area contributed by atoms with E-state index in [0.717, 1.165) is 36.4 Å². The van der Waals surface area contributed by atoms with E-state index >= 15 is 0 Å². The highest BCUT2D eigenvalue weighted by molar-refractivity contribution is 6.39. The Kier molecular flexibility index (Phi) is 8.08. The van der Waals surface area contributed by atoms with Gasteiger partial charge in [-0.05, 0) is 75.3 Å². The number of carbonyl (C=O) groups excluding carboxylic acids is 3. The maximum absolute atomic E-state index is 13.4. The number of anilines is 3. The van der Waals surface area contributed by atoms with Crippen molar-refractivity contribution in [2.24, 2.45) is 5.92 Å². The number of aryl methyl sites for hydroxylation is 1. The number of piperidine rings is 1. The second-order valence-corrected chi connectivity index (χ2v) is 10.9. The molecule has 2 aromatic rings. The molecule has 2 aliphatic heterocycles. The maximum Gasteiger partial charge on any atom is 0.413 e. The van der Waals surface area contributed by atoms with Gasteiger partial charge in [-0.3, -0.25) is 14.9 Å². The number of rotatable bonds is 4. The summed E-state index contributed by atoms with van der Waals surface area (Å²) < 4.78 is 11.1. The highest BCUT2D eigenvalue weighted by atomic mass is 16.6. The van der Waals surface area contributed by atoms with Crippen molar-refractivity contribution in [1.29, 1.82) is 0 Å². The first-order valence-corrected chi connectivity index (χ1v) is 13.2. The molecular formula is C28H37N5O5. The highest BCUT2D eigenvalue weighted by Crippen LogP contribution is 2.37. The lowest BCUT2D eigenvalue weighted by Crippen LogP contribution is -2.46. The van der Waals surface area contributed by atoms with Crippen LogP contribution in [0.2, 0.25) is 0 Å². The van der Waals surface area contributed by atoms with E-state index in [2.05, 4.69) is 27.9 Å². The van der Waals surface area contributed by atoms with E-state index in [1.807, 2.05) is 25.1 Å². The van der Waals surface area contributed by atoms with E-state index in [-0.39, 0.29) is 12.0 Å². The summed E-state index contributed by atoms with van der Waals surface area (Å²) in [5, 5.41) is 8.65. The molecule has 3 heterocycles. The number of hydrogen-bond donors (Lipinski definition) is 3. The van der Waals surface area contributed by atoms with Crippen molar-refractivity contribution >= 4 is 35.1 Å². The molecule has 2 atom stereocenters. The molecule has 0 saturated carbocycles. The van der Waals surface area contributed by atoms with Crippen LogP contribution in [0.1, 0.15) is 64.6 Å². The minimum absolute atomic E-state index is 0.218. The first-order valence-electron chi connectivity index (χ1n) is 13.2. The Balaban J connectivity index is 1.48. The number of nitrogens with one attached hydrogen (secondary N) is 3. The maximum atomic E-state index is 13.4. The molecular weight excluding hydrogens is 486 g/mol. The number of hydrogen-bond acceptors (Lipinski definition) is 7. The summed E-state index contributed by atoms with van der Waals surface area (Å²) in [6.07, 6.45) is 3.08. The Hall–Kier alpha value is -3.82. The second kappa shape index (κ2) is 11.3. The number of ether oxygens (including phenoxy) is 2. The molecule has 1 aromatic heterocycles. The summed E-state index contributed by atoms with van der Waals surface area (Å²) in [6.45, 7) is 11.2. The first-order chi connectivity index (χ1) is 18.0. The third kappa shape index (κ3) is 6.54. The van der Waals surface area contributed by atoms with Crippen molar-refractivity contribution in [1.82, 2.24) is 9.88 Å². The van der Waals surface area contributed by atoms with Gasteiger partial charge in [0, 0.05) is 13.1 Å². The van der Waals surface area contributed by atoms with E-state index in [0.29, 0.717) is 36.6 Å². The molecule has 38 heavy (non-hydrogen) atoms. The second-order valence-electron chi connectivity index (χ2n) is 10.9. The molecule has 1 saturated heterocycles. The van der Waals surface area contributed by atoms with Crippen LogP contribution in [0, 0.1) is 5.92 Å². The zero-order valence-electron chi connectivity index (χ0n) is 22.7. The fourth-order valence-corrected chi connectivity index (χ4v) is 4.76. The third-order valence-corrected chi connectivity index (χ3v) is 6.56. The molecule has 0 unspecified atom stereocenters. The van der Waals surface area contributed by atoms with E-state index in [4.69, 9.17) is 9.47 Å². The molecule has 1 fully saturated rings. The molecule has 0 bridgehead atoms. The lowest BCUT2D eigenvalue weighted by Gasteiger charge is -2.39. The molecule has 3 N–H and O–H groups in total. The summed E-state index contributed by atoms with van der Waals surface area (Å²) >= 11 is 0. The lowest BCUT2D eigenvalue weighted by atomic mass is 9.89. The van der Waals surface area contributed by atoms with Gasteiger partial charge in [-0.25, -0.2) is 9.78 Å². The Morgan fingerprint density at radius 3 is 2.71 bits per heavy atom. The molecule has 204 valence electrons. The number of fused-ring (bicyclic) bond motifs is 1. The van der Waals surface area contributed by atoms with Crippen LogP contribution in [-0.2, 0) is 20.7 Å². The number of pyridine rings is 1. The van der Waals surface area contributed by atoms with Gasteiger partial charge in [0.25, 0.3) is 0 Å². The van der Waals surface area contributed by atoms with Crippen LogP contribution >= 0.6 is 0 Å². The van der Waals surface area contributed by atoms with E-state index in [1.54, 1.807) is 31.7 Å². The van der Waals surface area contributed by atoms with Crippen molar-refractivity contribution in [3.8, 4) is 5.75 Å². The smallest absolute Gasteiger partial charge is 0.413 e. The largest absolute Gasteiger partial charge is 0.490 e. The predicted octanol–water partition coefficient (Wildman–Crippen LogP) is 4.73. The minimum atomic E-state index is -0.725. The van der Waals surface area contributed by atoms with Gasteiger partial charge < -0.3 is 25.0 Å². The summed E-state index contributed by atoms with van der Waals surface area (Å²) in [4.78, 5) is 44.6. The van der Waals surface area contributed by atoms with Crippen molar-refractivity contribution in [3.63, 3.8) is 0 Å². The van der Waals surface area contributed by atoms with Gasteiger partial charge in [0.15, 0.2) is 0 Å². The van der Waals surface area contributed by atoms with Gasteiger partial charge in [-0.15, -0.1) is 0 Å². The van der Waals surface area contributed by atoms with Crippen molar-refractivity contribution in [2.45, 2.75) is 65.5 Å². The average molecular weight is 524 g/mol. The van der Waals surface area contributed by atoms with E-state index in [9.17, 15) is 14.4 Å². The third-order valence-electron chi connectivity index (χ3n) is 6.56. The highest BCUT2D eigenvalue weighted by Gasteiger charge is 2.35. The van der Waals surface area contributed by atoms with Gasteiger partial charge >= 0.3 is 17.9 Å². The van der Waals surface area contributed by atoms with Crippen LogP contribution in [0.15, 0.2) is 30.5 Å². The first kappa shape index (κ1) is 27.2. The zero-order valence-corrected chi connectivity index (χ0v) is 22.7. The topological polar surface area (TPSA) is 122 Å². The monoisotopic (exact) mass is 523 g/mol. The predicted molar refractivity (Wildman–Crippen MR) is 145 cm³/mol. The van der Waals surface area contributed by atoms with Gasteiger partial charge in [-0.2, -0.15) is 0 Å². The van der Waals surface area contributed by atoms with Crippen LogP contribution in [0.5, 0.6) is 5.75 Å². The number of likely N-dealkylation sites (tertiary alicyclic amines) is 1. The van der Waals surface area contributed by atoms with Crippen molar-refractivity contribution < 1.29 is 23.9 Å². The Morgan fingerprint density at radius 1 is 1.18 bits per heavy atom. The van der Waals surface area contributed by atoms with Crippen LogP contribution in [-0.4, -0.2) is 53.1 Å². The molecule has 10 nitrogen and oxygen atoms in total. The van der Waals surface area contributed by atoms with Crippen molar-refractivity contribution in [2.75, 3.05) is 35.6 Å². The minimum Gasteiger partial charge on any atom is -0.490 e. The van der Waals surface area contributed by atoms with Gasteiger partial charge in [0.05, 0.1) is 23.6 Å². The van der Waals surface area contributed by atoms with Crippen LogP contribution in [0.3, 0.4) is 0 Å². The van der Waals surface area contributed by atoms with Crippen LogP contribution < -0.4 is 20.7 Å². The molecule has 0 aliphatic carbocycles. The summed E-state index contributed by atoms with van der Waals surface area (Å²) in [7, 11) is 0. The van der Waals surface area contributed by atoms with Crippen LogP contribution in [0.25, 0.3) is 0 Å². The number of aromatic nitrogens is 1. The quantitative estimate of drug-likeness (QED) is 0.495. The Bertz CT molecular complexity index is 1210. The fraction of sp³-hybridized carbons (Fsp3) is 0.500. The zero-order chi connectivity index (χ0) is 27.4. The van der Waals surface area contributed by atoms with E-state index < -0.39 is 23.5 Å². The summed E-state index contributed by atoms with van der Waals surface area (Å²) in [6, 6.07) is 7.41. The molecule has 3 amide bonds. The standard InChI is InChI=1S/C28H37N5O5/c1-6-18-13-20(15-30-24(18)32-27(36)38-28(3,4)5)31-25(34)26(35)33-16-17(2)7-10-22(33)19-8-9-21-23(14-19)37-12-11-29-21/h8-9,13-15,17,22,29H,6-7,10-12,16H2,1-5H3,(H,31,34)(H,30,32,36)/t17-,22+/m0/s1. The molecule has 1 aromatic carbocycles. The van der Waals surface area contributed by atoms with Crippen LogP contribution in [0.4, 0.5) is 22.0 Å². The SMILES string of the molecule is CCc1cc(NC(=O)C(=O)N2C[C@@H](C)CC[C@@H]2c2ccc3c(c2)OCCN3)cnc1NC(=O)OC(C)(C)C. The van der Waals surface area contributed by atoms with Gasteiger partial charge in [0.2, 0.25) is 0 Å². The fourth-order valence-electron chi connectivity index (χ4n) is 4.76. The van der Waals surface area contributed by atoms with E-state index in [1.165, 1.54) is 6.20 Å². The number of carbonyl (C=O) groups is 3. The molecule has 10 heteroatoms. The summed E-state index contributed by atoms with van der Waals surface area (Å²) in [5.74, 6) is 0.0803. The van der Waals surface area contributed by atoms with Crippen molar-refractivity contribution in [3.05, 3.63) is 41.6 Å². The lowest BCUT2D eigenvalue weighted by molar-refractivity contribution is -0.146. The van der Waals surface area contributed by atoms with Gasteiger partial charge in [0.1, 0.15) is 23.8 Å². The number of amides is 3. The summed E-state index contributed by atoms with van der Waals surface area (Å²) in [5.41, 5.74) is 2.33. The molecule has 2 aliphatic rings. The Labute approximate surface area is 223 Å². The molecule has 4 rings (SSSR count).